The Hall–Kier alpha value is -3.99. The standard InChI is InChI=1S/C48H66N3O19PS4/c1-33-29-41(52)42(70-33)32-69-71(54,55)68-25-8-6-5-7-22-49-46(53)35-17-19-39-38(30-35)47(2,3)43(50(39)23-11-27-73(59,60)61)13-9-14-44-48(4,21-10-26-72(56,57)58)45-37-31-36(75(65,66)67)18-15-34(37)16-20-40(45)51(44)24-12-28-74(62,63)64/h9,13-20,30-31,33,41-42,52H,5-8,10-12,21-29,32H2,1-4H3,(H5-,49,53,54,55,56,57,58,59,60,61,62,63,64,65,66,67)/p+1/t33-,41?,42+,48?/m0/s1. The number of nitrogens with zero attached hydrogens (tertiary/aromatic N) is 2. The van der Waals surface area contributed by atoms with Gasteiger partial charge in [-0.05, 0) is 113 Å². The lowest BCUT2D eigenvalue weighted by Gasteiger charge is -2.31. The summed E-state index contributed by atoms with van der Waals surface area (Å²) < 4.78 is 165. The number of amides is 1. The topological polar surface area (TPSA) is 338 Å². The molecule has 3 aromatic carbocycles. The highest BCUT2D eigenvalue weighted by Crippen LogP contribution is 2.54. The number of ether oxygens (including phenoxy) is 1. The Kier molecular flexibility index (Phi) is 19.2. The van der Waals surface area contributed by atoms with Gasteiger partial charge in [-0.2, -0.15) is 38.2 Å². The van der Waals surface area contributed by atoms with E-state index < -0.39 is 93.5 Å². The molecule has 3 aliphatic rings. The number of carbonyl (C=O) groups excluding carboxylic acids is 1. The summed E-state index contributed by atoms with van der Waals surface area (Å²) in [6, 6.07) is 12.6. The van der Waals surface area contributed by atoms with Crippen molar-refractivity contribution in [1.82, 2.24) is 5.32 Å². The monoisotopic (exact) mass is 1150 g/mol. The van der Waals surface area contributed by atoms with Crippen LogP contribution < -0.4 is 10.2 Å². The van der Waals surface area contributed by atoms with E-state index in [2.05, 4.69) is 5.32 Å². The molecule has 27 heteroatoms. The van der Waals surface area contributed by atoms with E-state index in [1.54, 1.807) is 67.3 Å². The van der Waals surface area contributed by atoms with Crippen LogP contribution in [0.1, 0.15) is 107 Å². The first kappa shape index (κ1) is 60.2. The number of phosphoric acid groups is 1. The summed E-state index contributed by atoms with van der Waals surface area (Å²) in [5, 5.41) is 13.9. The minimum Gasteiger partial charge on any atom is -0.390 e. The molecule has 3 aromatic rings. The molecule has 6 rings (SSSR count). The molecule has 3 unspecified atom stereocenters. The fourth-order valence-electron chi connectivity index (χ4n) is 10.1. The lowest BCUT2D eigenvalue weighted by atomic mass is 9.75. The lowest BCUT2D eigenvalue weighted by molar-refractivity contribution is -0.437. The Morgan fingerprint density at radius 3 is 2.16 bits per heavy atom. The number of aliphatic hydroxyl groups excluding tert-OH is 1. The van der Waals surface area contributed by atoms with Gasteiger partial charge in [-0.15, -0.1) is 0 Å². The summed E-state index contributed by atoms with van der Waals surface area (Å²) >= 11 is 0. The van der Waals surface area contributed by atoms with E-state index in [4.69, 9.17) is 13.8 Å². The average molecular weight is 1150 g/mol. The summed E-state index contributed by atoms with van der Waals surface area (Å²) in [4.78, 5) is 24.9. The fraction of sp³-hybridized carbons (Fsp3) is 0.542. The third-order valence-electron chi connectivity index (χ3n) is 13.7. The number of rotatable bonds is 27. The minimum atomic E-state index is -4.70. The van der Waals surface area contributed by atoms with E-state index in [1.165, 1.54) is 18.2 Å². The van der Waals surface area contributed by atoms with Crippen LogP contribution in [0.15, 0.2) is 77.4 Å². The van der Waals surface area contributed by atoms with Crippen LogP contribution in [-0.4, -0.2) is 146 Å². The number of anilines is 1. The van der Waals surface area contributed by atoms with Crippen molar-refractivity contribution in [3.05, 3.63) is 89.1 Å². The maximum Gasteiger partial charge on any atom is 0.472 e. The van der Waals surface area contributed by atoms with Gasteiger partial charge in [-0.25, -0.2) is 4.57 Å². The predicted octanol–water partition coefficient (Wildman–Crippen LogP) is 5.87. The van der Waals surface area contributed by atoms with Crippen molar-refractivity contribution < 1.29 is 89.6 Å². The number of hydrogen-bond donors (Lipinski definition) is 7. The first-order valence-electron chi connectivity index (χ1n) is 24.4. The molecule has 0 saturated carbocycles. The van der Waals surface area contributed by atoms with Crippen LogP contribution in [0.5, 0.6) is 0 Å². The fourth-order valence-corrected chi connectivity index (χ4v) is 12.9. The van der Waals surface area contributed by atoms with Gasteiger partial charge in [0.1, 0.15) is 12.6 Å². The molecule has 7 N–H and O–H groups in total. The summed E-state index contributed by atoms with van der Waals surface area (Å²) in [5.41, 5.74) is 1.91. The lowest BCUT2D eigenvalue weighted by Crippen LogP contribution is -2.31. The Balaban J connectivity index is 1.24. The largest absolute Gasteiger partial charge is 0.472 e. The normalized spacial score (nSPS) is 22.3. The number of phosphoric ester groups is 1. The van der Waals surface area contributed by atoms with Crippen molar-refractivity contribution in [3.63, 3.8) is 0 Å². The number of hydrogen-bond acceptors (Lipinski definition) is 15. The molecule has 1 fully saturated rings. The van der Waals surface area contributed by atoms with Crippen molar-refractivity contribution >= 4 is 82.1 Å². The van der Waals surface area contributed by atoms with Gasteiger partial charge in [0.2, 0.25) is 5.69 Å². The number of carbonyl (C=O) groups is 1. The van der Waals surface area contributed by atoms with Crippen LogP contribution in [0, 0.1) is 0 Å². The van der Waals surface area contributed by atoms with E-state index >= 15 is 0 Å². The Bertz CT molecular complexity index is 3240. The molecule has 0 aliphatic carbocycles. The smallest absolute Gasteiger partial charge is 0.390 e. The zero-order valence-electron chi connectivity index (χ0n) is 42.1. The molecule has 416 valence electrons. The Labute approximate surface area is 438 Å². The number of allylic oxidation sites excluding steroid dienone is 4. The quantitative estimate of drug-likeness (QED) is 0.0203. The molecule has 0 radical (unpaired) electrons. The van der Waals surface area contributed by atoms with Crippen LogP contribution in [-0.2, 0) is 69.7 Å². The van der Waals surface area contributed by atoms with Crippen LogP contribution >= 0.6 is 7.82 Å². The van der Waals surface area contributed by atoms with Crippen molar-refractivity contribution in [2.75, 3.05) is 55.0 Å². The molecular formula is C48H67N3O19PS4+. The van der Waals surface area contributed by atoms with Crippen LogP contribution in [0.25, 0.3) is 10.8 Å². The van der Waals surface area contributed by atoms with Gasteiger partial charge in [-0.3, -0.25) is 32.1 Å². The number of unbranched alkanes of at least 4 members (excludes halogenated alkanes) is 3. The van der Waals surface area contributed by atoms with E-state index in [0.29, 0.717) is 83.3 Å². The van der Waals surface area contributed by atoms with Crippen molar-refractivity contribution in [2.45, 2.75) is 120 Å². The molecule has 0 aromatic heterocycles. The maximum absolute atomic E-state index is 13.5. The molecule has 0 bridgehead atoms. The maximum atomic E-state index is 13.5. The predicted molar refractivity (Wildman–Crippen MR) is 280 cm³/mol. The zero-order valence-corrected chi connectivity index (χ0v) is 46.2. The molecule has 3 aliphatic heterocycles. The number of benzene rings is 3. The molecule has 5 atom stereocenters. The first-order valence-corrected chi connectivity index (χ1v) is 32.2. The van der Waals surface area contributed by atoms with Gasteiger partial charge in [0, 0.05) is 66.0 Å². The second-order valence-electron chi connectivity index (χ2n) is 19.8. The van der Waals surface area contributed by atoms with Gasteiger partial charge >= 0.3 is 7.82 Å². The summed E-state index contributed by atoms with van der Waals surface area (Å²) in [6.45, 7) is 7.52. The Morgan fingerprint density at radius 1 is 0.853 bits per heavy atom. The van der Waals surface area contributed by atoms with E-state index in [1.807, 2.05) is 18.4 Å². The second-order valence-corrected chi connectivity index (χ2v) is 27.4. The summed E-state index contributed by atoms with van der Waals surface area (Å²) in [7, 11) is -22.2. The summed E-state index contributed by atoms with van der Waals surface area (Å²) in [6.07, 6.45) is 6.16. The van der Waals surface area contributed by atoms with Gasteiger partial charge in [0.25, 0.3) is 46.4 Å². The highest BCUT2D eigenvalue weighted by molar-refractivity contribution is 7.86. The zero-order chi connectivity index (χ0) is 55.4. The van der Waals surface area contributed by atoms with Crippen molar-refractivity contribution in [2.24, 2.45) is 0 Å². The number of nitrogens with one attached hydrogen (secondary N) is 1. The van der Waals surface area contributed by atoms with Crippen molar-refractivity contribution in [3.8, 4) is 0 Å². The first-order chi connectivity index (χ1) is 34.8. The molecule has 22 nitrogen and oxygen atoms in total. The highest BCUT2D eigenvalue weighted by atomic mass is 32.2. The minimum absolute atomic E-state index is 0.00763. The third-order valence-corrected chi connectivity index (χ3v) is 17.9. The molecular weight excluding hydrogens is 1080 g/mol. The van der Waals surface area contributed by atoms with Crippen LogP contribution in [0.3, 0.4) is 0 Å². The summed E-state index contributed by atoms with van der Waals surface area (Å²) in [5.74, 6) is -2.13. The highest BCUT2D eigenvalue weighted by Gasteiger charge is 2.47. The van der Waals surface area contributed by atoms with E-state index in [9.17, 15) is 71.2 Å². The van der Waals surface area contributed by atoms with Crippen LogP contribution in [0.2, 0.25) is 0 Å². The third kappa shape index (κ3) is 15.8. The molecule has 75 heavy (non-hydrogen) atoms. The average Bonchev–Trinajstić information content (AvgIpc) is 3.82. The van der Waals surface area contributed by atoms with Crippen molar-refractivity contribution in [1.29, 1.82) is 0 Å². The van der Waals surface area contributed by atoms with Gasteiger partial charge < -0.3 is 25.0 Å². The number of aliphatic hydroxyl groups is 1. The molecule has 1 amide bonds. The van der Waals surface area contributed by atoms with Gasteiger partial charge in [-0.1, -0.05) is 31.1 Å². The molecule has 3 heterocycles. The molecule has 0 spiro atoms. The van der Waals surface area contributed by atoms with Gasteiger partial charge in [0.15, 0.2) is 5.71 Å². The second kappa shape index (κ2) is 23.9. The molecule has 1 saturated heterocycles. The van der Waals surface area contributed by atoms with Gasteiger partial charge in [0.05, 0.1) is 53.0 Å². The van der Waals surface area contributed by atoms with E-state index in [-0.39, 0.29) is 64.0 Å². The van der Waals surface area contributed by atoms with E-state index in [0.717, 1.165) is 5.56 Å². The Morgan fingerprint density at radius 2 is 1.51 bits per heavy atom. The van der Waals surface area contributed by atoms with Crippen LogP contribution in [0.4, 0.5) is 11.4 Å². The number of fused-ring (bicyclic) bond motifs is 4. The SMILES string of the molecule is C[C@H]1CC(O)[C@@H](COP(=O)(O)OCCCCCCNC(=O)c2ccc3c(c2)C(C)(C)C(C=CC=C2N(CCCS(=O)(=O)O)c4ccc5ccc(S(=O)(=O)O)cc5c4C2(C)CCCS(=O)(=O)O)=[N+]3CCCS(=O)(=O)O)O1.